The van der Waals surface area contributed by atoms with E-state index < -0.39 is 0 Å². The Morgan fingerprint density at radius 3 is 1.67 bits per heavy atom. The van der Waals surface area contributed by atoms with Crippen LogP contribution < -0.4 is 0 Å². The molecule has 13 aromatic rings. The van der Waals surface area contributed by atoms with E-state index in [0.29, 0.717) is 17.5 Å². The lowest BCUT2D eigenvalue weighted by Gasteiger charge is -2.12. The maximum absolute atomic E-state index is 6.26. The molecule has 0 atom stereocenters. The molecule has 0 unspecified atom stereocenters. The fourth-order valence-corrected chi connectivity index (χ4v) is 10.4. The molecule has 0 aliphatic rings. The third-order valence-electron chi connectivity index (χ3n) is 12.3. The molecule has 9 aromatic carbocycles. The first-order valence-corrected chi connectivity index (χ1v) is 21.9. The Hall–Kier alpha value is -8.19. The van der Waals surface area contributed by atoms with E-state index in [1.165, 1.54) is 64.2 Å². The Kier molecular flexibility index (Phi) is 8.01. The molecule has 0 saturated heterocycles. The summed E-state index contributed by atoms with van der Waals surface area (Å²) in [6.07, 6.45) is 0. The molecule has 4 aromatic heterocycles. The summed E-state index contributed by atoms with van der Waals surface area (Å²) in [6.45, 7) is 0. The smallest absolute Gasteiger partial charge is 0.164 e. The van der Waals surface area contributed by atoms with Gasteiger partial charge in [-0.3, -0.25) is 0 Å². The van der Waals surface area contributed by atoms with Crippen LogP contribution in [0.1, 0.15) is 0 Å². The van der Waals surface area contributed by atoms with Crippen LogP contribution >= 0.6 is 11.3 Å². The summed E-state index contributed by atoms with van der Waals surface area (Å²) in [5.41, 5.74) is 12.8. The van der Waals surface area contributed by atoms with Crippen molar-refractivity contribution in [2.45, 2.75) is 0 Å². The van der Waals surface area contributed by atoms with Crippen LogP contribution in [0.25, 0.3) is 126 Å². The normalized spacial score (nSPS) is 11.8. The van der Waals surface area contributed by atoms with Gasteiger partial charge in [-0.2, -0.15) is 0 Å². The summed E-state index contributed by atoms with van der Waals surface area (Å²) >= 11 is 1.80. The summed E-state index contributed by atoms with van der Waals surface area (Å²) in [5, 5.41) is 7.09. The topological polar surface area (TPSA) is 56.7 Å². The van der Waals surface area contributed by atoms with Gasteiger partial charge in [0.1, 0.15) is 11.2 Å². The van der Waals surface area contributed by atoms with Crippen molar-refractivity contribution in [1.29, 1.82) is 0 Å². The van der Waals surface area contributed by atoms with Gasteiger partial charge in [0, 0.05) is 64.1 Å². The molecule has 0 aliphatic carbocycles. The van der Waals surface area contributed by atoms with Crippen molar-refractivity contribution in [3.63, 3.8) is 0 Å². The number of rotatable bonds is 6. The second-order valence-electron chi connectivity index (χ2n) is 16.0. The van der Waals surface area contributed by atoms with Gasteiger partial charge in [-0.1, -0.05) is 140 Å². The third-order valence-corrected chi connectivity index (χ3v) is 13.4. The molecule has 0 spiro atoms. The number of fused-ring (bicyclic) bond motifs is 9. The standard InChI is InChI=1S/C57H34N4OS/c1-3-13-35(14-4-1)55-58-56(38-23-27-45-44-20-10-12-22-51(44)62-52(45)33-38)60-57(59-55)39-24-28-46-48-32-37(26-30-53(48)63-54(46)34-39)42-18-8-7-17-41(42)36-25-29-50-47(31-36)43-19-9-11-21-49(43)61(50)40-15-5-2-6-16-40/h1-34H. The third kappa shape index (κ3) is 5.87. The lowest BCUT2D eigenvalue weighted by molar-refractivity contribution is 0.669. The first-order chi connectivity index (χ1) is 31.2. The minimum Gasteiger partial charge on any atom is -0.456 e. The molecule has 6 heteroatoms. The zero-order valence-electron chi connectivity index (χ0n) is 33.7. The van der Waals surface area contributed by atoms with Crippen LogP contribution in [0, 0.1) is 0 Å². The van der Waals surface area contributed by atoms with Gasteiger partial charge in [-0.15, -0.1) is 11.3 Å². The van der Waals surface area contributed by atoms with Crippen LogP contribution in [0.5, 0.6) is 0 Å². The number of hydrogen-bond donors (Lipinski definition) is 0. The number of para-hydroxylation sites is 3. The Balaban J connectivity index is 0.900. The number of furan rings is 1. The molecule has 0 saturated carbocycles. The van der Waals surface area contributed by atoms with Gasteiger partial charge in [0.05, 0.1) is 11.0 Å². The number of aromatic nitrogens is 4. The molecule has 63 heavy (non-hydrogen) atoms. The van der Waals surface area contributed by atoms with Gasteiger partial charge in [-0.05, 0) is 89.0 Å². The van der Waals surface area contributed by atoms with E-state index in [-0.39, 0.29) is 0 Å². The van der Waals surface area contributed by atoms with E-state index in [0.717, 1.165) is 44.3 Å². The zero-order valence-corrected chi connectivity index (χ0v) is 34.6. The maximum atomic E-state index is 6.26. The van der Waals surface area contributed by atoms with Crippen LogP contribution in [0.4, 0.5) is 0 Å². The number of thiophene rings is 1. The Morgan fingerprint density at radius 1 is 0.333 bits per heavy atom. The van der Waals surface area contributed by atoms with E-state index in [1.54, 1.807) is 11.3 Å². The molecule has 0 fully saturated rings. The molecular formula is C57H34N4OS. The molecule has 0 bridgehead atoms. The fraction of sp³-hybridized carbons (Fsp3) is 0. The number of benzene rings is 9. The van der Waals surface area contributed by atoms with E-state index in [2.05, 4.69) is 156 Å². The van der Waals surface area contributed by atoms with Gasteiger partial charge in [-0.25, -0.2) is 15.0 Å². The average Bonchev–Trinajstić information content (AvgIpc) is 4.03. The highest BCUT2D eigenvalue weighted by atomic mass is 32.1. The van der Waals surface area contributed by atoms with Gasteiger partial charge in [0.25, 0.3) is 0 Å². The predicted octanol–water partition coefficient (Wildman–Crippen LogP) is 15.6. The van der Waals surface area contributed by atoms with Crippen LogP contribution in [-0.4, -0.2) is 19.5 Å². The molecule has 4 heterocycles. The van der Waals surface area contributed by atoms with Crippen LogP contribution in [0.15, 0.2) is 211 Å². The first kappa shape index (κ1) is 35.6. The highest BCUT2D eigenvalue weighted by Gasteiger charge is 2.18. The minimum absolute atomic E-state index is 0.599. The molecule has 0 N–H and O–H groups in total. The van der Waals surface area contributed by atoms with Crippen molar-refractivity contribution < 1.29 is 4.42 Å². The van der Waals surface area contributed by atoms with Gasteiger partial charge in [0.15, 0.2) is 17.5 Å². The van der Waals surface area contributed by atoms with Gasteiger partial charge >= 0.3 is 0 Å². The molecule has 13 rings (SSSR count). The van der Waals surface area contributed by atoms with E-state index >= 15 is 0 Å². The summed E-state index contributed by atoms with van der Waals surface area (Å²) in [5.74, 6) is 1.85. The van der Waals surface area contributed by atoms with Crippen molar-refractivity contribution in [2.75, 3.05) is 0 Å². The fourth-order valence-electron chi connectivity index (χ4n) is 9.28. The number of hydrogen-bond acceptors (Lipinski definition) is 5. The Morgan fingerprint density at radius 2 is 0.889 bits per heavy atom. The zero-order chi connectivity index (χ0) is 41.4. The van der Waals surface area contributed by atoms with Crippen LogP contribution in [0.3, 0.4) is 0 Å². The van der Waals surface area contributed by atoms with Crippen molar-refractivity contribution in [1.82, 2.24) is 19.5 Å². The number of nitrogens with zero attached hydrogens (tertiary/aromatic N) is 4. The molecule has 294 valence electrons. The summed E-state index contributed by atoms with van der Waals surface area (Å²) < 4.78 is 11.0. The summed E-state index contributed by atoms with van der Waals surface area (Å²) in [6, 6.07) is 73.0. The predicted molar refractivity (Wildman–Crippen MR) is 262 cm³/mol. The first-order valence-electron chi connectivity index (χ1n) is 21.1. The van der Waals surface area contributed by atoms with Crippen molar-refractivity contribution >= 4 is 75.3 Å². The SMILES string of the molecule is c1ccc(-c2nc(-c3ccc4c(c3)oc3ccccc34)nc(-c3ccc4c(c3)sc3ccc(-c5ccccc5-c5ccc6c(c5)c5ccccc5n6-c5ccccc5)cc34)n2)cc1. The second kappa shape index (κ2) is 14.2. The monoisotopic (exact) mass is 822 g/mol. The molecule has 0 radical (unpaired) electrons. The van der Waals surface area contributed by atoms with Crippen LogP contribution in [0.2, 0.25) is 0 Å². The summed E-state index contributed by atoms with van der Waals surface area (Å²) in [4.78, 5) is 15.2. The Bertz CT molecular complexity index is 3920. The van der Waals surface area contributed by atoms with Crippen molar-refractivity contribution in [3.8, 4) is 62.1 Å². The van der Waals surface area contributed by atoms with E-state index in [9.17, 15) is 0 Å². The lowest BCUT2D eigenvalue weighted by atomic mass is 9.93. The van der Waals surface area contributed by atoms with Crippen molar-refractivity contribution in [3.05, 3.63) is 206 Å². The largest absolute Gasteiger partial charge is 0.456 e. The second-order valence-corrected chi connectivity index (χ2v) is 17.1. The van der Waals surface area contributed by atoms with Crippen molar-refractivity contribution in [2.24, 2.45) is 0 Å². The highest BCUT2D eigenvalue weighted by molar-refractivity contribution is 7.25. The Labute approximate surface area is 365 Å². The van der Waals surface area contributed by atoms with Gasteiger partial charge < -0.3 is 8.98 Å². The highest BCUT2D eigenvalue weighted by Crippen LogP contribution is 2.42. The van der Waals surface area contributed by atoms with Gasteiger partial charge in [0.2, 0.25) is 0 Å². The van der Waals surface area contributed by atoms with E-state index in [4.69, 9.17) is 19.4 Å². The molecule has 0 aliphatic heterocycles. The minimum atomic E-state index is 0.599. The molecule has 0 amide bonds. The maximum Gasteiger partial charge on any atom is 0.164 e. The summed E-state index contributed by atoms with van der Waals surface area (Å²) in [7, 11) is 0. The molecular weight excluding hydrogens is 789 g/mol. The van der Waals surface area contributed by atoms with Crippen LogP contribution in [-0.2, 0) is 0 Å². The quantitative estimate of drug-likeness (QED) is 0.168. The molecule has 5 nitrogen and oxygen atoms in total. The lowest BCUT2D eigenvalue weighted by Crippen LogP contribution is -2.00. The average molecular weight is 823 g/mol. The van der Waals surface area contributed by atoms with E-state index in [1.807, 2.05) is 54.6 Å².